The lowest BCUT2D eigenvalue weighted by molar-refractivity contribution is -0.0660. The van der Waals surface area contributed by atoms with E-state index in [0.29, 0.717) is 23.6 Å². The first-order chi connectivity index (χ1) is 15.5. The molecule has 0 spiro atoms. The highest BCUT2D eigenvalue weighted by Gasteiger charge is 2.29. The van der Waals surface area contributed by atoms with Gasteiger partial charge in [0.05, 0.1) is 24.9 Å². The average molecular weight is 439 g/mol. The molecule has 2 aromatic carbocycles. The summed E-state index contributed by atoms with van der Waals surface area (Å²) in [4.78, 5) is 9.35. The van der Waals surface area contributed by atoms with E-state index in [-0.39, 0.29) is 7.24 Å². The molecule has 8 heteroatoms. The number of hydrogen-bond donors (Lipinski definition) is 1. The van der Waals surface area contributed by atoms with Crippen LogP contribution >= 0.6 is 0 Å². The molecule has 32 heavy (non-hydrogen) atoms. The van der Waals surface area contributed by atoms with Gasteiger partial charge in [-0.2, -0.15) is 4.98 Å². The van der Waals surface area contributed by atoms with Crippen molar-refractivity contribution in [3.05, 3.63) is 60.2 Å². The van der Waals surface area contributed by atoms with E-state index in [4.69, 9.17) is 4.74 Å². The van der Waals surface area contributed by atoms with Crippen molar-refractivity contribution in [2.45, 2.75) is 25.8 Å². The Morgan fingerprint density at radius 3 is 2.56 bits per heavy atom. The SMILES string of the molecule is CC(C)c1cc(Nc2ncn(-c3cccc(F)c3)n2)cc(N2CCN(C3COC3)CC2)c1.[HH]. The Morgan fingerprint density at radius 1 is 1.06 bits per heavy atom. The molecule has 3 heterocycles. The van der Waals surface area contributed by atoms with Gasteiger partial charge in [-0.15, -0.1) is 5.10 Å². The molecule has 0 bridgehead atoms. The van der Waals surface area contributed by atoms with E-state index in [1.54, 1.807) is 23.1 Å². The number of ether oxygens (including phenoxy) is 1. The third-order valence-corrected chi connectivity index (χ3v) is 6.24. The predicted molar refractivity (Wildman–Crippen MR) is 126 cm³/mol. The quantitative estimate of drug-likeness (QED) is 0.627. The van der Waals surface area contributed by atoms with Crippen molar-refractivity contribution in [1.82, 2.24) is 19.7 Å². The van der Waals surface area contributed by atoms with Crippen LogP contribution in [0.3, 0.4) is 0 Å². The molecule has 1 N–H and O–H groups in total. The summed E-state index contributed by atoms with van der Waals surface area (Å²) in [6, 6.07) is 13.5. The number of aromatic nitrogens is 3. The van der Waals surface area contributed by atoms with Gasteiger partial charge in [-0.05, 0) is 47.9 Å². The molecule has 2 saturated heterocycles. The summed E-state index contributed by atoms with van der Waals surface area (Å²) in [5, 5.41) is 7.81. The Bertz CT molecular complexity index is 1080. The lowest BCUT2D eigenvalue weighted by atomic mass is 10.0. The van der Waals surface area contributed by atoms with Crippen LogP contribution in [0, 0.1) is 5.82 Å². The standard InChI is InChI=1S/C24H29FN6O.H2/c1-17(2)18-10-20(27-24-26-16-31(28-24)21-5-3-4-19(25)12-21)13-22(11-18)29-6-8-30(9-7-29)23-14-32-15-23;/h3-5,10-13,16-17,23H,6-9,14-15H2,1-2H3,(H,27,28);1H. The second-order valence-electron chi connectivity index (χ2n) is 8.80. The van der Waals surface area contributed by atoms with Crippen molar-refractivity contribution in [3.8, 4) is 5.69 Å². The van der Waals surface area contributed by atoms with Crippen LogP contribution in [0.5, 0.6) is 0 Å². The number of halogens is 1. The highest BCUT2D eigenvalue weighted by Crippen LogP contribution is 2.29. The van der Waals surface area contributed by atoms with E-state index >= 15 is 0 Å². The van der Waals surface area contributed by atoms with Crippen molar-refractivity contribution in [3.63, 3.8) is 0 Å². The maximum Gasteiger partial charge on any atom is 0.246 e. The summed E-state index contributed by atoms with van der Waals surface area (Å²) >= 11 is 0. The van der Waals surface area contributed by atoms with E-state index in [0.717, 1.165) is 45.1 Å². The first-order valence-corrected chi connectivity index (χ1v) is 11.2. The minimum Gasteiger partial charge on any atom is -0.378 e. The molecular formula is C24H31FN6O. The molecule has 3 aromatic rings. The van der Waals surface area contributed by atoms with Crippen LogP contribution in [0.4, 0.5) is 21.7 Å². The smallest absolute Gasteiger partial charge is 0.246 e. The molecule has 0 atom stereocenters. The first-order valence-electron chi connectivity index (χ1n) is 11.2. The normalized spacial score (nSPS) is 17.6. The highest BCUT2D eigenvalue weighted by atomic mass is 19.1. The molecule has 170 valence electrons. The average Bonchev–Trinajstić information content (AvgIpc) is 3.21. The summed E-state index contributed by atoms with van der Waals surface area (Å²) in [6.45, 7) is 10.3. The zero-order valence-electron chi connectivity index (χ0n) is 18.5. The number of rotatable bonds is 6. The number of anilines is 3. The molecular weight excluding hydrogens is 407 g/mol. The Labute approximate surface area is 189 Å². The fourth-order valence-electron chi connectivity index (χ4n) is 4.19. The fraction of sp³-hybridized carbons (Fsp3) is 0.417. The van der Waals surface area contributed by atoms with Crippen molar-refractivity contribution in [1.29, 1.82) is 0 Å². The van der Waals surface area contributed by atoms with E-state index in [9.17, 15) is 4.39 Å². The van der Waals surface area contributed by atoms with Crippen LogP contribution in [0.15, 0.2) is 48.8 Å². The number of nitrogens with zero attached hydrogens (tertiary/aromatic N) is 5. The van der Waals surface area contributed by atoms with Gasteiger partial charge in [0.1, 0.15) is 12.1 Å². The Hall–Kier alpha value is -2.97. The van der Waals surface area contributed by atoms with Gasteiger partial charge in [-0.3, -0.25) is 4.90 Å². The number of hydrogen-bond acceptors (Lipinski definition) is 6. The van der Waals surface area contributed by atoms with Crippen molar-refractivity contribution in [2.24, 2.45) is 0 Å². The minimum atomic E-state index is -0.299. The van der Waals surface area contributed by atoms with Crippen LogP contribution in [0.2, 0.25) is 0 Å². The van der Waals surface area contributed by atoms with Gasteiger partial charge < -0.3 is 15.0 Å². The Morgan fingerprint density at radius 2 is 1.88 bits per heavy atom. The van der Waals surface area contributed by atoms with Crippen molar-refractivity contribution < 1.29 is 10.6 Å². The van der Waals surface area contributed by atoms with Gasteiger partial charge >= 0.3 is 0 Å². The van der Waals surface area contributed by atoms with Gasteiger partial charge in [0, 0.05) is 39.0 Å². The van der Waals surface area contributed by atoms with Gasteiger partial charge in [0.15, 0.2) is 0 Å². The number of piperazine rings is 1. The van der Waals surface area contributed by atoms with Gasteiger partial charge in [0.25, 0.3) is 0 Å². The first kappa shape index (κ1) is 20.9. The molecule has 0 saturated carbocycles. The topological polar surface area (TPSA) is 58.5 Å². The van der Waals surface area contributed by atoms with E-state index < -0.39 is 0 Å². The maximum atomic E-state index is 13.5. The maximum absolute atomic E-state index is 13.5. The van der Waals surface area contributed by atoms with Crippen LogP contribution in [-0.2, 0) is 4.74 Å². The molecule has 0 aliphatic carbocycles. The molecule has 7 nitrogen and oxygen atoms in total. The zero-order chi connectivity index (χ0) is 22.1. The number of benzene rings is 2. The van der Waals surface area contributed by atoms with Crippen LogP contribution in [0.1, 0.15) is 26.8 Å². The zero-order valence-corrected chi connectivity index (χ0v) is 18.5. The van der Waals surface area contributed by atoms with Gasteiger partial charge in [0.2, 0.25) is 5.95 Å². The van der Waals surface area contributed by atoms with Gasteiger partial charge in [-0.25, -0.2) is 9.07 Å². The van der Waals surface area contributed by atoms with Crippen molar-refractivity contribution >= 4 is 17.3 Å². The lowest BCUT2D eigenvalue weighted by Gasteiger charge is -2.43. The largest absolute Gasteiger partial charge is 0.378 e. The Kier molecular flexibility index (Phi) is 5.80. The number of nitrogens with one attached hydrogen (secondary N) is 1. The predicted octanol–water partition coefficient (Wildman–Crippen LogP) is 4.04. The summed E-state index contributed by atoms with van der Waals surface area (Å²) < 4.78 is 20.5. The molecule has 2 fully saturated rings. The Balaban J connectivity index is 0.00000259. The fourth-order valence-corrected chi connectivity index (χ4v) is 4.19. The van der Waals surface area contributed by atoms with Crippen LogP contribution < -0.4 is 10.2 Å². The molecule has 2 aliphatic rings. The second-order valence-corrected chi connectivity index (χ2v) is 8.80. The van der Waals surface area contributed by atoms with Crippen LogP contribution in [-0.4, -0.2) is 65.1 Å². The molecule has 0 radical (unpaired) electrons. The molecule has 0 amide bonds. The van der Waals surface area contributed by atoms with Crippen LogP contribution in [0.25, 0.3) is 5.69 Å². The molecule has 1 aromatic heterocycles. The third kappa shape index (κ3) is 4.47. The molecule has 5 rings (SSSR count). The molecule has 0 unspecified atom stereocenters. The summed E-state index contributed by atoms with van der Waals surface area (Å²) in [5.74, 6) is 0.587. The van der Waals surface area contributed by atoms with E-state index in [2.05, 4.69) is 57.2 Å². The van der Waals surface area contributed by atoms with E-state index in [1.807, 2.05) is 0 Å². The monoisotopic (exact) mass is 438 g/mol. The summed E-state index contributed by atoms with van der Waals surface area (Å²) in [7, 11) is 0. The summed E-state index contributed by atoms with van der Waals surface area (Å²) in [5.41, 5.74) is 4.08. The second kappa shape index (κ2) is 8.88. The third-order valence-electron chi connectivity index (χ3n) is 6.24. The van der Waals surface area contributed by atoms with Gasteiger partial charge in [-0.1, -0.05) is 19.9 Å². The van der Waals surface area contributed by atoms with E-state index in [1.165, 1.54) is 23.4 Å². The minimum absolute atomic E-state index is 0. The van der Waals surface area contributed by atoms with Crippen molar-refractivity contribution in [2.75, 3.05) is 49.6 Å². The highest BCUT2D eigenvalue weighted by molar-refractivity contribution is 5.64. The summed E-state index contributed by atoms with van der Waals surface area (Å²) in [6.07, 6.45) is 1.59. The lowest BCUT2D eigenvalue weighted by Crippen LogP contribution is -2.56. The molecule has 2 aliphatic heterocycles.